The van der Waals surface area contributed by atoms with Gasteiger partial charge in [-0.25, -0.2) is 5.48 Å². The highest BCUT2D eigenvalue weighted by atomic mass is 16.5. The second-order valence-corrected chi connectivity index (χ2v) is 6.08. The lowest BCUT2D eigenvalue weighted by atomic mass is 10.0. The number of nitrogens with one attached hydrogen (secondary N) is 2. The molecule has 154 valence electrons. The van der Waals surface area contributed by atoms with Crippen LogP contribution in [0.4, 0.5) is 0 Å². The van der Waals surface area contributed by atoms with E-state index in [9.17, 15) is 14.4 Å². The van der Waals surface area contributed by atoms with Crippen LogP contribution >= 0.6 is 0 Å². The first kappa shape index (κ1) is 21.9. The number of aliphatic hydroxyl groups excluding tert-OH is 1. The van der Waals surface area contributed by atoms with Crippen LogP contribution in [0.15, 0.2) is 48.5 Å². The van der Waals surface area contributed by atoms with Gasteiger partial charge in [-0.1, -0.05) is 24.3 Å². The van der Waals surface area contributed by atoms with E-state index in [0.29, 0.717) is 5.75 Å². The summed E-state index contributed by atoms with van der Waals surface area (Å²) in [6.07, 6.45) is 0. The molecule has 0 aliphatic rings. The molecule has 1 atom stereocenters. The molecule has 0 heterocycles. The average molecular weight is 401 g/mol. The number of carbonyl (C=O) groups excluding carboxylic acids is 3. The van der Waals surface area contributed by atoms with Gasteiger partial charge in [-0.05, 0) is 35.4 Å². The molecule has 0 saturated carbocycles. The van der Waals surface area contributed by atoms with Gasteiger partial charge in [-0.2, -0.15) is 0 Å². The SMILES string of the molecule is CNC(=O)C(C(=O)NO)N(C)C(=O)c1ccc(-c2ccc(OCCO)cc2)cc1. The number of aliphatic hydroxyl groups is 1. The quantitative estimate of drug-likeness (QED) is 0.288. The van der Waals surface area contributed by atoms with E-state index in [4.69, 9.17) is 15.1 Å². The number of nitrogens with zero attached hydrogens (tertiary/aromatic N) is 1. The van der Waals surface area contributed by atoms with Gasteiger partial charge < -0.3 is 20.1 Å². The second-order valence-electron chi connectivity index (χ2n) is 6.08. The summed E-state index contributed by atoms with van der Waals surface area (Å²) in [5.74, 6) is -1.66. The number of amides is 3. The molecule has 0 aliphatic heterocycles. The molecule has 3 amide bonds. The summed E-state index contributed by atoms with van der Waals surface area (Å²) in [5.41, 5.74) is 3.43. The van der Waals surface area contributed by atoms with Gasteiger partial charge >= 0.3 is 0 Å². The van der Waals surface area contributed by atoms with Crippen molar-refractivity contribution < 1.29 is 29.4 Å². The van der Waals surface area contributed by atoms with Gasteiger partial charge in [-0.15, -0.1) is 0 Å². The Kier molecular flexibility index (Phi) is 7.70. The Morgan fingerprint density at radius 1 is 1.00 bits per heavy atom. The summed E-state index contributed by atoms with van der Waals surface area (Å²) in [4.78, 5) is 37.3. The molecular formula is C20H23N3O6. The van der Waals surface area contributed by atoms with Gasteiger partial charge in [0.15, 0.2) is 6.04 Å². The predicted molar refractivity (Wildman–Crippen MR) is 104 cm³/mol. The van der Waals surface area contributed by atoms with Gasteiger partial charge in [0.25, 0.3) is 17.7 Å². The first-order valence-corrected chi connectivity index (χ1v) is 8.79. The Labute approximate surface area is 167 Å². The van der Waals surface area contributed by atoms with Crippen molar-refractivity contribution in [3.63, 3.8) is 0 Å². The van der Waals surface area contributed by atoms with Crippen LogP contribution in [0.25, 0.3) is 11.1 Å². The molecule has 1 unspecified atom stereocenters. The monoisotopic (exact) mass is 401 g/mol. The van der Waals surface area contributed by atoms with E-state index in [1.807, 2.05) is 12.1 Å². The zero-order valence-corrected chi connectivity index (χ0v) is 16.1. The molecule has 0 bridgehead atoms. The molecule has 0 aromatic heterocycles. The first-order valence-electron chi connectivity index (χ1n) is 8.79. The molecule has 0 saturated heterocycles. The Bertz CT molecular complexity index is 836. The summed E-state index contributed by atoms with van der Waals surface area (Å²) in [6.45, 7) is 0.154. The number of carbonyl (C=O) groups is 3. The third-order valence-corrected chi connectivity index (χ3v) is 4.24. The predicted octanol–water partition coefficient (Wildman–Crippen LogP) is 0.417. The smallest absolute Gasteiger partial charge is 0.275 e. The largest absolute Gasteiger partial charge is 0.491 e. The topological polar surface area (TPSA) is 128 Å². The average Bonchev–Trinajstić information content (AvgIpc) is 2.77. The maximum Gasteiger partial charge on any atom is 0.275 e. The fourth-order valence-electron chi connectivity index (χ4n) is 2.70. The lowest BCUT2D eigenvalue weighted by Crippen LogP contribution is -2.54. The van der Waals surface area contributed by atoms with Gasteiger partial charge in [0.2, 0.25) is 0 Å². The van der Waals surface area contributed by atoms with Crippen LogP contribution in [0.3, 0.4) is 0 Å². The summed E-state index contributed by atoms with van der Waals surface area (Å²) in [7, 11) is 2.63. The van der Waals surface area contributed by atoms with Crippen LogP contribution in [-0.2, 0) is 9.59 Å². The Hall–Kier alpha value is -3.43. The van der Waals surface area contributed by atoms with Crippen molar-refractivity contribution in [1.29, 1.82) is 0 Å². The number of benzene rings is 2. The van der Waals surface area contributed by atoms with E-state index < -0.39 is 23.8 Å². The van der Waals surface area contributed by atoms with Crippen molar-refractivity contribution in [3.05, 3.63) is 54.1 Å². The van der Waals surface area contributed by atoms with Gasteiger partial charge in [0.1, 0.15) is 12.4 Å². The molecule has 0 fully saturated rings. The third-order valence-electron chi connectivity index (χ3n) is 4.24. The van der Waals surface area contributed by atoms with Crippen molar-refractivity contribution in [2.24, 2.45) is 0 Å². The molecule has 29 heavy (non-hydrogen) atoms. The van der Waals surface area contributed by atoms with Crippen LogP contribution in [0.5, 0.6) is 5.75 Å². The summed E-state index contributed by atoms with van der Waals surface area (Å²) >= 11 is 0. The van der Waals surface area contributed by atoms with Crippen molar-refractivity contribution >= 4 is 17.7 Å². The molecule has 2 rings (SSSR count). The number of hydrogen-bond acceptors (Lipinski definition) is 6. The fraction of sp³-hybridized carbons (Fsp3) is 0.250. The van der Waals surface area contributed by atoms with E-state index in [-0.39, 0.29) is 18.8 Å². The maximum absolute atomic E-state index is 12.7. The Morgan fingerprint density at radius 2 is 1.55 bits per heavy atom. The lowest BCUT2D eigenvalue weighted by molar-refractivity contribution is -0.140. The zero-order valence-electron chi connectivity index (χ0n) is 16.1. The number of hydroxylamine groups is 1. The highest BCUT2D eigenvalue weighted by Crippen LogP contribution is 2.23. The van der Waals surface area contributed by atoms with E-state index in [2.05, 4.69) is 5.32 Å². The van der Waals surface area contributed by atoms with Crippen molar-refractivity contribution in [1.82, 2.24) is 15.7 Å². The molecule has 0 spiro atoms. The molecule has 9 nitrogen and oxygen atoms in total. The highest BCUT2D eigenvalue weighted by Gasteiger charge is 2.33. The molecule has 2 aromatic rings. The number of rotatable bonds is 8. The van der Waals surface area contributed by atoms with Crippen molar-refractivity contribution in [2.45, 2.75) is 6.04 Å². The molecule has 4 N–H and O–H groups in total. The molecule has 9 heteroatoms. The van der Waals surface area contributed by atoms with Crippen molar-refractivity contribution in [3.8, 4) is 16.9 Å². The van der Waals surface area contributed by atoms with E-state index in [0.717, 1.165) is 16.0 Å². The summed E-state index contributed by atoms with van der Waals surface area (Å²) in [6, 6.07) is 12.4. The zero-order chi connectivity index (χ0) is 21.4. The first-order chi connectivity index (χ1) is 13.9. The minimum Gasteiger partial charge on any atom is -0.491 e. The van der Waals surface area contributed by atoms with Gasteiger partial charge in [0.05, 0.1) is 6.61 Å². The molecule has 0 radical (unpaired) electrons. The Balaban J connectivity index is 2.17. The van der Waals surface area contributed by atoms with E-state index in [1.54, 1.807) is 36.4 Å². The standard InChI is InChI=1S/C20H23N3O6/c1-21-18(25)17(19(26)22-28)23(2)20(27)15-5-3-13(4-6-15)14-7-9-16(10-8-14)29-12-11-24/h3-10,17,24,28H,11-12H2,1-2H3,(H,21,25)(H,22,26). The van der Waals surface area contributed by atoms with Crippen LogP contribution in [0.1, 0.15) is 10.4 Å². The number of ether oxygens (including phenoxy) is 1. The van der Waals surface area contributed by atoms with Gasteiger partial charge in [-0.3, -0.25) is 19.6 Å². The van der Waals surface area contributed by atoms with Crippen LogP contribution < -0.4 is 15.5 Å². The summed E-state index contributed by atoms with van der Waals surface area (Å²) < 4.78 is 5.32. The maximum atomic E-state index is 12.7. The van der Waals surface area contributed by atoms with E-state index in [1.165, 1.54) is 19.6 Å². The lowest BCUT2D eigenvalue weighted by Gasteiger charge is -2.25. The number of likely N-dealkylation sites (N-methyl/N-ethyl adjacent to an activating group) is 2. The van der Waals surface area contributed by atoms with Crippen LogP contribution in [-0.4, -0.2) is 66.3 Å². The molecule has 0 aliphatic carbocycles. The van der Waals surface area contributed by atoms with Gasteiger partial charge in [0, 0.05) is 19.7 Å². The van der Waals surface area contributed by atoms with E-state index >= 15 is 0 Å². The highest BCUT2D eigenvalue weighted by molar-refractivity contribution is 6.08. The third kappa shape index (κ3) is 5.31. The Morgan fingerprint density at radius 3 is 2.03 bits per heavy atom. The molecular weight excluding hydrogens is 378 g/mol. The minimum atomic E-state index is -1.51. The molecule has 2 aromatic carbocycles. The number of hydrogen-bond donors (Lipinski definition) is 4. The fourth-order valence-corrected chi connectivity index (χ4v) is 2.70. The normalized spacial score (nSPS) is 11.3. The van der Waals surface area contributed by atoms with Crippen molar-refractivity contribution in [2.75, 3.05) is 27.3 Å². The summed E-state index contributed by atoms with van der Waals surface area (Å²) in [5, 5.41) is 19.9. The van der Waals surface area contributed by atoms with Crippen LogP contribution in [0, 0.1) is 0 Å². The minimum absolute atomic E-state index is 0.0631. The van der Waals surface area contributed by atoms with Crippen LogP contribution in [0.2, 0.25) is 0 Å². The second kappa shape index (κ2) is 10.2.